The Hall–Kier alpha value is -1.44. The smallest absolute Gasteiger partial charge is 0.253 e. The quantitative estimate of drug-likeness (QED) is 0.785. The maximum absolute atomic E-state index is 12.2. The zero-order valence-corrected chi connectivity index (χ0v) is 12.7. The summed E-state index contributed by atoms with van der Waals surface area (Å²) in [6.07, 6.45) is 0.743. The molecule has 0 atom stereocenters. The summed E-state index contributed by atoms with van der Waals surface area (Å²) in [6, 6.07) is 4.24. The number of primary sulfonamides is 1. The molecule has 0 aliphatic carbocycles. The second-order valence-electron chi connectivity index (χ2n) is 4.59. The highest BCUT2D eigenvalue weighted by molar-refractivity contribution is 7.89. The first-order valence-electron chi connectivity index (χ1n) is 6.15. The molecule has 0 saturated heterocycles. The van der Waals surface area contributed by atoms with Crippen LogP contribution in [0.1, 0.15) is 22.3 Å². The van der Waals surface area contributed by atoms with Gasteiger partial charge in [-0.25, -0.2) is 13.6 Å². The summed E-state index contributed by atoms with van der Waals surface area (Å²) in [6.45, 7) is 2.84. The van der Waals surface area contributed by atoms with Crippen LogP contribution in [0.25, 0.3) is 0 Å². The summed E-state index contributed by atoms with van der Waals surface area (Å²) in [7, 11) is -0.439. The first kappa shape index (κ1) is 16.6. The van der Waals surface area contributed by atoms with Crippen molar-refractivity contribution in [2.24, 2.45) is 5.14 Å². The zero-order chi connectivity index (χ0) is 15.3. The topological polar surface area (TPSA) is 89.7 Å². The van der Waals surface area contributed by atoms with E-state index in [4.69, 9.17) is 9.88 Å². The average Bonchev–Trinajstić information content (AvgIpc) is 2.37. The predicted molar refractivity (Wildman–Crippen MR) is 76.0 cm³/mol. The van der Waals surface area contributed by atoms with E-state index in [2.05, 4.69) is 0 Å². The van der Waals surface area contributed by atoms with Crippen LogP contribution in [0.15, 0.2) is 23.1 Å². The lowest BCUT2D eigenvalue weighted by molar-refractivity contribution is 0.0778. The zero-order valence-electron chi connectivity index (χ0n) is 11.9. The number of rotatable bonds is 6. The van der Waals surface area contributed by atoms with Crippen LogP contribution >= 0.6 is 0 Å². The molecule has 112 valence electrons. The number of hydrogen-bond donors (Lipinski definition) is 1. The summed E-state index contributed by atoms with van der Waals surface area (Å²) >= 11 is 0. The molecule has 1 rings (SSSR count). The second-order valence-corrected chi connectivity index (χ2v) is 6.16. The van der Waals surface area contributed by atoms with Gasteiger partial charge in [0.05, 0.1) is 4.90 Å². The summed E-state index contributed by atoms with van der Waals surface area (Å²) in [5, 5.41) is 5.06. The van der Waals surface area contributed by atoms with Gasteiger partial charge in [-0.15, -0.1) is 0 Å². The molecule has 20 heavy (non-hydrogen) atoms. The molecule has 0 saturated carbocycles. The molecule has 1 aromatic carbocycles. The normalized spacial score (nSPS) is 11.4. The van der Waals surface area contributed by atoms with E-state index in [1.54, 1.807) is 26.0 Å². The van der Waals surface area contributed by atoms with Crippen LogP contribution in [-0.4, -0.2) is 46.5 Å². The van der Waals surface area contributed by atoms with E-state index in [1.165, 1.54) is 18.2 Å². The lowest BCUT2D eigenvalue weighted by Crippen LogP contribution is -2.29. The van der Waals surface area contributed by atoms with Crippen molar-refractivity contribution in [2.75, 3.05) is 27.3 Å². The van der Waals surface area contributed by atoms with Crippen molar-refractivity contribution in [1.29, 1.82) is 0 Å². The SMILES string of the molecule is COCCCN(C)C(=O)c1ccc(S(N)(=O)=O)cc1C. The van der Waals surface area contributed by atoms with Gasteiger partial charge in [0.2, 0.25) is 10.0 Å². The molecule has 0 heterocycles. The van der Waals surface area contributed by atoms with Gasteiger partial charge in [0, 0.05) is 32.9 Å². The minimum Gasteiger partial charge on any atom is -0.385 e. The number of carbonyl (C=O) groups excluding carboxylic acids is 1. The van der Waals surface area contributed by atoms with Crippen molar-refractivity contribution in [1.82, 2.24) is 4.90 Å². The number of carbonyl (C=O) groups is 1. The van der Waals surface area contributed by atoms with E-state index in [-0.39, 0.29) is 10.8 Å². The van der Waals surface area contributed by atoms with E-state index in [0.717, 1.165) is 6.42 Å². The van der Waals surface area contributed by atoms with Crippen LogP contribution < -0.4 is 5.14 Å². The number of hydrogen-bond acceptors (Lipinski definition) is 4. The van der Waals surface area contributed by atoms with Gasteiger partial charge in [0.15, 0.2) is 0 Å². The van der Waals surface area contributed by atoms with Gasteiger partial charge < -0.3 is 9.64 Å². The minimum absolute atomic E-state index is 0.00795. The molecule has 0 aromatic heterocycles. The Morgan fingerprint density at radius 3 is 2.55 bits per heavy atom. The lowest BCUT2D eigenvalue weighted by atomic mass is 10.1. The maximum Gasteiger partial charge on any atom is 0.253 e. The lowest BCUT2D eigenvalue weighted by Gasteiger charge is -2.18. The number of aryl methyl sites for hydroxylation is 1. The van der Waals surface area contributed by atoms with Gasteiger partial charge >= 0.3 is 0 Å². The monoisotopic (exact) mass is 300 g/mol. The molecule has 0 aliphatic heterocycles. The largest absolute Gasteiger partial charge is 0.385 e. The van der Waals surface area contributed by atoms with Crippen LogP contribution in [0.4, 0.5) is 0 Å². The highest BCUT2D eigenvalue weighted by Gasteiger charge is 2.16. The van der Waals surface area contributed by atoms with Gasteiger partial charge in [-0.05, 0) is 37.1 Å². The summed E-state index contributed by atoms with van der Waals surface area (Å²) in [5.74, 6) is -0.153. The molecule has 0 unspecified atom stereocenters. The maximum atomic E-state index is 12.2. The minimum atomic E-state index is -3.75. The fourth-order valence-corrected chi connectivity index (χ4v) is 2.41. The van der Waals surface area contributed by atoms with Crippen LogP contribution in [-0.2, 0) is 14.8 Å². The van der Waals surface area contributed by atoms with E-state index in [1.807, 2.05) is 0 Å². The fourth-order valence-electron chi connectivity index (χ4n) is 1.81. The van der Waals surface area contributed by atoms with Crippen molar-refractivity contribution < 1.29 is 17.9 Å². The summed E-state index contributed by atoms with van der Waals surface area (Å²) in [5.41, 5.74) is 1.05. The van der Waals surface area contributed by atoms with Crippen molar-refractivity contribution >= 4 is 15.9 Å². The Balaban J connectivity index is 2.89. The van der Waals surface area contributed by atoms with E-state index in [0.29, 0.717) is 24.3 Å². The third-order valence-electron chi connectivity index (χ3n) is 2.95. The van der Waals surface area contributed by atoms with Crippen molar-refractivity contribution in [3.8, 4) is 0 Å². The Kier molecular flexibility index (Phi) is 5.67. The Morgan fingerprint density at radius 2 is 2.05 bits per heavy atom. The second kappa shape index (κ2) is 6.83. The van der Waals surface area contributed by atoms with Gasteiger partial charge in [0.25, 0.3) is 5.91 Å². The van der Waals surface area contributed by atoms with Gasteiger partial charge in [-0.1, -0.05) is 0 Å². The molecule has 2 N–H and O–H groups in total. The molecule has 0 radical (unpaired) electrons. The van der Waals surface area contributed by atoms with Gasteiger partial charge in [0.1, 0.15) is 0 Å². The standard InChI is InChI=1S/C13H20N2O4S/c1-10-9-11(20(14,17)18)5-6-12(10)13(16)15(2)7-4-8-19-3/h5-6,9H,4,7-8H2,1-3H3,(H2,14,17,18). The van der Waals surface area contributed by atoms with E-state index >= 15 is 0 Å². The number of ether oxygens (including phenoxy) is 1. The highest BCUT2D eigenvalue weighted by atomic mass is 32.2. The first-order chi connectivity index (χ1) is 9.27. The Labute approximate surface area is 119 Å². The number of benzene rings is 1. The van der Waals surface area contributed by atoms with Crippen molar-refractivity contribution in [3.63, 3.8) is 0 Å². The number of amides is 1. The molecule has 0 aliphatic rings. The van der Waals surface area contributed by atoms with E-state index in [9.17, 15) is 13.2 Å². The van der Waals surface area contributed by atoms with Crippen molar-refractivity contribution in [3.05, 3.63) is 29.3 Å². The summed E-state index contributed by atoms with van der Waals surface area (Å²) in [4.78, 5) is 13.8. The predicted octanol–water partition coefficient (Wildman–Crippen LogP) is 0.751. The van der Waals surface area contributed by atoms with Gasteiger partial charge in [-0.3, -0.25) is 4.79 Å². The Morgan fingerprint density at radius 1 is 1.40 bits per heavy atom. The first-order valence-corrected chi connectivity index (χ1v) is 7.70. The van der Waals surface area contributed by atoms with Crippen LogP contribution in [0.2, 0.25) is 0 Å². The molecule has 0 spiro atoms. The number of nitrogens with zero attached hydrogens (tertiary/aromatic N) is 1. The molecular weight excluding hydrogens is 280 g/mol. The molecule has 6 nitrogen and oxygen atoms in total. The van der Waals surface area contributed by atoms with Crippen molar-refractivity contribution in [2.45, 2.75) is 18.2 Å². The third-order valence-corrected chi connectivity index (χ3v) is 3.86. The molecular formula is C13H20N2O4S. The number of methoxy groups -OCH3 is 1. The van der Waals surface area contributed by atoms with Crippen LogP contribution in [0.5, 0.6) is 0 Å². The van der Waals surface area contributed by atoms with Crippen LogP contribution in [0.3, 0.4) is 0 Å². The highest BCUT2D eigenvalue weighted by Crippen LogP contribution is 2.16. The third kappa shape index (κ3) is 4.29. The van der Waals surface area contributed by atoms with Crippen LogP contribution in [0, 0.1) is 6.92 Å². The van der Waals surface area contributed by atoms with E-state index < -0.39 is 10.0 Å². The molecule has 1 aromatic rings. The molecule has 0 fully saturated rings. The fraction of sp³-hybridized carbons (Fsp3) is 0.462. The molecule has 1 amide bonds. The number of sulfonamides is 1. The summed E-state index contributed by atoms with van der Waals surface area (Å²) < 4.78 is 27.4. The molecule has 7 heteroatoms. The average molecular weight is 300 g/mol. The Bertz CT molecular complexity index is 584. The number of nitrogens with two attached hydrogens (primary N) is 1. The van der Waals surface area contributed by atoms with Gasteiger partial charge in [-0.2, -0.15) is 0 Å². The molecule has 0 bridgehead atoms.